The van der Waals surface area contributed by atoms with Crippen LogP contribution < -0.4 is 0 Å². The molecule has 8 bridgehead atoms. The van der Waals surface area contributed by atoms with Gasteiger partial charge in [-0.05, 0) is 94.4 Å². The maximum Gasteiger partial charge on any atom is 0.0745 e. The molecule has 0 saturated carbocycles. The number of aromatic nitrogens is 3. The third kappa shape index (κ3) is 4.41. The highest BCUT2D eigenvalue weighted by Gasteiger charge is 2.19. The van der Waals surface area contributed by atoms with Crippen LogP contribution >= 0.6 is 56.7 Å². The zero-order chi connectivity index (χ0) is 29.0. The molecule has 2 aliphatic rings. The number of thiophene rings is 5. The fourth-order valence-electron chi connectivity index (χ4n) is 5.80. The molecule has 210 valence electrons. The van der Waals surface area contributed by atoms with Crippen LogP contribution in [0, 0.1) is 0 Å². The highest BCUT2D eigenvalue weighted by molar-refractivity contribution is 7.25. The van der Waals surface area contributed by atoms with Crippen molar-refractivity contribution in [2.45, 2.75) is 0 Å². The van der Waals surface area contributed by atoms with Gasteiger partial charge in [0.25, 0.3) is 0 Å². The summed E-state index contributed by atoms with van der Waals surface area (Å²) in [7, 11) is 0. The van der Waals surface area contributed by atoms with Gasteiger partial charge in [-0.3, -0.25) is 0 Å². The number of H-pyrrole nitrogens is 1. The second-order valence-corrected chi connectivity index (χ2v) is 15.2. The maximum absolute atomic E-state index is 5.34. The van der Waals surface area contributed by atoms with Gasteiger partial charge in [0, 0.05) is 62.2 Å². The van der Waals surface area contributed by atoms with Crippen molar-refractivity contribution in [1.82, 2.24) is 15.0 Å². The molecule has 44 heavy (non-hydrogen) atoms. The lowest BCUT2D eigenvalue weighted by Gasteiger charge is -2.03. The highest BCUT2D eigenvalue weighted by atomic mass is 32.1. The van der Waals surface area contributed by atoms with Crippen LogP contribution in [0.3, 0.4) is 0 Å². The van der Waals surface area contributed by atoms with Crippen LogP contribution in [0.2, 0.25) is 0 Å². The Balaban J connectivity index is 1.49. The molecule has 0 saturated heterocycles. The Morgan fingerprint density at radius 1 is 0.409 bits per heavy atom. The average Bonchev–Trinajstić information content (AvgIpc) is 3.90. The van der Waals surface area contributed by atoms with Crippen molar-refractivity contribution in [3.63, 3.8) is 0 Å². The molecule has 3 nitrogen and oxygen atoms in total. The molecule has 0 unspecified atom stereocenters. The standard InChI is InChI=1S/C36H21N3S5/c1-5-27(40-17-1)33-21-9-10-22(37-21)34(28-6-2-18-41-28)24-12-14-26(39-24)36(30-8-4-20-43-30)32-16-15-31(44-32)35(29-7-3-19-42-29)25-13-11-23(33)38-25/h1-20,37H. The van der Waals surface area contributed by atoms with Gasteiger partial charge < -0.3 is 4.98 Å². The fraction of sp³-hybridized carbons (Fsp3) is 0. The van der Waals surface area contributed by atoms with Gasteiger partial charge in [0.1, 0.15) is 0 Å². The van der Waals surface area contributed by atoms with Crippen molar-refractivity contribution in [2.24, 2.45) is 0 Å². The molecule has 1 N–H and O–H groups in total. The first-order valence-electron chi connectivity index (χ1n) is 14.0. The van der Waals surface area contributed by atoms with Gasteiger partial charge in [-0.1, -0.05) is 24.3 Å². The summed E-state index contributed by atoms with van der Waals surface area (Å²) in [6, 6.07) is 26.1. The molecule has 0 radical (unpaired) electrons. The zero-order valence-electron chi connectivity index (χ0n) is 23.0. The molecule has 9 rings (SSSR count). The predicted octanol–water partition coefficient (Wildman–Crippen LogP) is 12.3. The summed E-state index contributed by atoms with van der Waals surface area (Å²) < 4.78 is 2.40. The normalized spacial score (nSPS) is 12.4. The lowest BCUT2D eigenvalue weighted by Crippen LogP contribution is -1.86. The number of nitrogens with zero attached hydrogens (tertiary/aromatic N) is 2. The van der Waals surface area contributed by atoms with Crippen LogP contribution in [-0.4, -0.2) is 15.0 Å². The second-order valence-electron chi connectivity index (χ2n) is 10.3. The number of hydrogen-bond donors (Lipinski definition) is 1. The lowest BCUT2D eigenvalue weighted by molar-refractivity contribution is 1.33. The van der Waals surface area contributed by atoms with Crippen molar-refractivity contribution >= 4 is 101 Å². The molecule has 7 aromatic rings. The van der Waals surface area contributed by atoms with E-state index in [1.807, 2.05) is 11.3 Å². The minimum atomic E-state index is 0.964. The molecule has 0 atom stereocenters. The molecule has 9 heterocycles. The fourth-order valence-corrected chi connectivity index (χ4v) is 10.2. The van der Waals surface area contributed by atoms with Crippen molar-refractivity contribution < 1.29 is 0 Å². The van der Waals surface area contributed by atoms with Gasteiger partial charge in [-0.2, -0.15) is 0 Å². The van der Waals surface area contributed by atoms with Gasteiger partial charge in [0.2, 0.25) is 0 Å². The number of fused-ring (bicyclic) bond motifs is 8. The van der Waals surface area contributed by atoms with Gasteiger partial charge in [0.15, 0.2) is 0 Å². The van der Waals surface area contributed by atoms with Crippen molar-refractivity contribution in [3.05, 3.63) is 117 Å². The topological polar surface area (TPSA) is 41.6 Å². The van der Waals surface area contributed by atoms with E-state index >= 15 is 0 Å². The molecular weight excluding hydrogens is 635 g/mol. The quantitative estimate of drug-likeness (QED) is 0.205. The SMILES string of the molecule is C1=Cc2nc1c(-c1cccs1)c1ccc([nH]1)c(-c1cccs1)c1nc(c(-c3cccs3)c3ccc(s3)c2-c2cccs2)C=C1. The summed E-state index contributed by atoms with van der Waals surface area (Å²) in [5, 5.41) is 8.55. The first kappa shape index (κ1) is 26.2. The Labute approximate surface area is 273 Å². The van der Waals surface area contributed by atoms with Crippen molar-refractivity contribution in [3.8, 4) is 41.8 Å². The van der Waals surface area contributed by atoms with Crippen LogP contribution in [0.1, 0.15) is 22.8 Å². The Kier molecular flexibility index (Phi) is 6.42. The minimum absolute atomic E-state index is 0.964. The Morgan fingerprint density at radius 3 is 1.14 bits per heavy atom. The highest BCUT2D eigenvalue weighted by Crippen LogP contribution is 2.43. The Morgan fingerprint density at radius 2 is 0.773 bits per heavy atom. The third-order valence-electron chi connectivity index (χ3n) is 7.70. The van der Waals surface area contributed by atoms with E-state index in [9.17, 15) is 0 Å². The summed E-state index contributed by atoms with van der Waals surface area (Å²) in [6.07, 6.45) is 8.69. The predicted molar refractivity (Wildman–Crippen MR) is 196 cm³/mol. The molecule has 0 fully saturated rings. The molecule has 7 aromatic heterocycles. The zero-order valence-corrected chi connectivity index (χ0v) is 27.1. The molecule has 8 heteroatoms. The average molecular weight is 656 g/mol. The molecular formula is C36H21N3S5. The smallest absolute Gasteiger partial charge is 0.0745 e. The van der Waals surface area contributed by atoms with Gasteiger partial charge in [0.05, 0.1) is 22.8 Å². The summed E-state index contributed by atoms with van der Waals surface area (Å²) in [5.41, 5.74) is 10.5. The Hall–Kier alpha value is -4.18. The minimum Gasteiger partial charge on any atom is -0.354 e. The number of hydrogen-bond acceptors (Lipinski definition) is 7. The van der Waals surface area contributed by atoms with Crippen LogP contribution in [-0.2, 0) is 0 Å². The van der Waals surface area contributed by atoms with Gasteiger partial charge in [-0.25, -0.2) is 9.97 Å². The number of aromatic amines is 1. The monoisotopic (exact) mass is 655 g/mol. The first-order chi connectivity index (χ1) is 21.8. The van der Waals surface area contributed by atoms with E-state index in [0.717, 1.165) is 44.9 Å². The summed E-state index contributed by atoms with van der Waals surface area (Å²) in [6.45, 7) is 0. The maximum atomic E-state index is 5.34. The van der Waals surface area contributed by atoms with Crippen LogP contribution in [0.25, 0.3) is 86.5 Å². The summed E-state index contributed by atoms with van der Waals surface area (Å²) in [5.74, 6) is 0. The van der Waals surface area contributed by atoms with E-state index in [0.29, 0.717) is 0 Å². The second kappa shape index (κ2) is 10.8. The van der Waals surface area contributed by atoms with E-state index in [2.05, 4.69) is 124 Å². The summed E-state index contributed by atoms with van der Waals surface area (Å²) >= 11 is 8.80. The Bertz CT molecular complexity index is 2040. The van der Waals surface area contributed by atoms with Crippen molar-refractivity contribution in [1.29, 1.82) is 0 Å². The largest absolute Gasteiger partial charge is 0.354 e. The van der Waals surface area contributed by atoms with E-state index < -0.39 is 0 Å². The molecule has 0 aliphatic carbocycles. The first-order valence-corrected chi connectivity index (χ1v) is 18.4. The lowest BCUT2D eigenvalue weighted by atomic mass is 10.1. The van der Waals surface area contributed by atoms with E-state index in [1.54, 1.807) is 45.3 Å². The van der Waals surface area contributed by atoms with Crippen LogP contribution in [0.5, 0.6) is 0 Å². The summed E-state index contributed by atoms with van der Waals surface area (Å²) in [4.78, 5) is 19.3. The van der Waals surface area contributed by atoms with Gasteiger partial charge in [-0.15, -0.1) is 56.7 Å². The molecule has 2 aliphatic heterocycles. The van der Waals surface area contributed by atoms with Gasteiger partial charge >= 0.3 is 0 Å². The number of nitrogens with one attached hydrogen (secondary N) is 1. The van der Waals surface area contributed by atoms with E-state index in [1.165, 1.54) is 40.0 Å². The van der Waals surface area contributed by atoms with Crippen molar-refractivity contribution in [2.75, 3.05) is 0 Å². The van der Waals surface area contributed by atoms with E-state index in [4.69, 9.17) is 9.97 Å². The molecule has 0 aromatic carbocycles. The number of rotatable bonds is 4. The molecule has 0 spiro atoms. The van der Waals surface area contributed by atoms with Crippen LogP contribution in [0.4, 0.5) is 0 Å². The van der Waals surface area contributed by atoms with Crippen LogP contribution in [0.15, 0.2) is 94.3 Å². The molecule has 0 amide bonds. The third-order valence-corrected chi connectivity index (χ3v) is 12.4. The van der Waals surface area contributed by atoms with E-state index in [-0.39, 0.29) is 0 Å².